The third-order valence-corrected chi connectivity index (χ3v) is 4.74. The zero-order valence-electron chi connectivity index (χ0n) is 13.7. The van der Waals surface area contributed by atoms with Gasteiger partial charge in [-0.2, -0.15) is 0 Å². The fourth-order valence-electron chi connectivity index (χ4n) is 3.04. The molecule has 0 saturated heterocycles. The van der Waals surface area contributed by atoms with Crippen molar-refractivity contribution < 1.29 is 13.2 Å². The lowest BCUT2D eigenvalue weighted by atomic mass is 10.1. The highest BCUT2D eigenvalue weighted by Crippen LogP contribution is 2.31. The molecular weight excluding hydrogens is 324 g/mol. The van der Waals surface area contributed by atoms with Crippen LogP contribution in [0.5, 0.6) is 0 Å². The summed E-state index contributed by atoms with van der Waals surface area (Å²) in [6.45, 7) is 2.07. The number of anilines is 1. The molecule has 0 aliphatic heterocycles. The number of carbonyl (C=O) groups excluding carboxylic acids is 1. The number of fused-ring (bicyclic) bond motifs is 1. The number of carbonyl (C=O) groups is 1. The van der Waals surface area contributed by atoms with Crippen LogP contribution in [-0.2, 0) is 16.4 Å². The first-order valence-corrected chi connectivity index (χ1v) is 9.69. The fraction of sp³-hybridized carbons (Fsp3) is 0.278. The van der Waals surface area contributed by atoms with Gasteiger partial charge in [0.2, 0.25) is 10.0 Å². The minimum Gasteiger partial charge on any atom is -0.345 e. The van der Waals surface area contributed by atoms with Gasteiger partial charge in [-0.3, -0.25) is 9.52 Å². The summed E-state index contributed by atoms with van der Waals surface area (Å²) in [5.74, 6) is -0.153. The van der Waals surface area contributed by atoms with Crippen molar-refractivity contribution in [3.05, 3.63) is 64.7 Å². The molecule has 5 nitrogen and oxygen atoms in total. The Kier molecular flexibility index (Phi) is 4.32. The molecule has 0 spiro atoms. The Labute approximate surface area is 142 Å². The highest BCUT2D eigenvalue weighted by atomic mass is 32.2. The Bertz CT molecular complexity index is 874. The molecular formula is C18H20N2O3S. The zero-order valence-corrected chi connectivity index (χ0v) is 14.5. The number of amides is 1. The number of sulfonamides is 1. The Morgan fingerprint density at radius 3 is 2.50 bits per heavy atom. The van der Waals surface area contributed by atoms with Crippen LogP contribution in [-0.4, -0.2) is 20.6 Å². The van der Waals surface area contributed by atoms with E-state index >= 15 is 0 Å². The molecule has 0 heterocycles. The van der Waals surface area contributed by atoms with Gasteiger partial charge < -0.3 is 5.32 Å². The molecule has 2 N–H and O–H groups in total. The fourth-order valence-corrected chi connectivity index (χ4v) is 3.61. The summed E-state index contributed by atoms with van der Waals surface area (Å²) in [6, 6.07) is 12.8. The summed E-state index contributed by atoms with van der Waals surface area (Å²) in [4.78, 5) is 12.4. The van der Waals surface area contributed by atoms with Gasteiger partial charge in [-0.15, -0.1) is 0 Å². The molecule has 2 aromatic rings. The van der Waals surface area contributed by atoms with Crippen LogP contribution in [0, 0.1) is 6.92 Å². The maximum absolute atomic E-state index is 12.4. The Hall–Kier alpha value is -2.34. The topological polar surface area (TPSA) is 75.3 Å². The number of nitrogens with one attached hydrogen (secondary N) is 2. The maximum Gasteiger partial charge on any atom is 0.251 e. The van der Waals surface area contributed by atoms with Crippen molar-refractivity contribution in [3.8, 4) is 0 Å². The molecule has 6 heteroatoms. The van der Waals surface area contributed by atoms with E-state index in [1.807, 2.05) is 0 Å². The second-order valence-electron chi connectivity index (χ2n) is 6.22. The predicted molar refractivity (Wildman–Crippen MR) is 94.6 cm³/mol. The third-order valence-electron chi connectivity index (χ3n) is 4.13. The van der Waals surface area contributed by atoms with E-state index < -0.39 is 10.0 Å². The summed E-state index contributed by atoms with van der Waals surface area (Å²) in [5.41, 5.74) is 4.66. The highest BCUT2D eigenvalue weighted by Gasteiger charge is 2.24. The standard InChI is InChI=1S/C18H20N2O3S/c1-12-3-9-16-14(11-12)6-10-17(16)19-18(21)13-4-7-15(8-5-13)20-24(2,22)23/h3-5,7-9,11,17,20H,6,10H2,1-2H3,(H,19,21)/t17-/m0/s1. The first kappa shape index (κ1) is 16.5. The molecule has 0 unspecified atom stereocenters. The first-order chi connectivity index (χ1) is 11.3. The van der Waals surface area contributed by atoms with Crippen molar-refractivity contribution >= 4 is 21.6 Å². The van der Waals surface area contributed by atoms with Gasteiger partial charge >= 0.3 is 0 Å². The number of rotatable bonds is 4. The van der Waals surface area contributed by atoms with Gasteiger partial charge in [0.25, 0.3) is 5.91 Å². The van der Waals surface area contributed by atoms with Crippen LogP contribution in [0.3, 0.4) is 0 Å². The van der Waals surface area contributed by atoms with E-state index in [1.165, 1.54) is 16.7 Å². The summed E-state index contributed by atoms with van der Waals surface area (Å²) in [5, 5.41) is 3.06. The van der Waals surface area contributed by atoms with Crippen molar-refractivity contribution in [1.29, 1.82) is 0 Å². The van der Waals surface area contributed by atoms with E-state index in [2.05, 4.69) is 35.2 Å². The predicted octanol–water partition coefficient (Wildman–Crippen LogP) is 2.78. The zero-order chi connectivity index (χ0) is 17.3. The second kappa shape index (κ2) is 6.28. The average molecular weight is 344 g/mol. The van der Waals surface area contributed by atoms with E-state index in [9.17, 15) is 13.2 Å². The quantitative estimate of drug-likeness (QED) is 0.895. The monoisotopic (exact) mass is 344 g/mol. The molecule has 1 aliphatic rings. The number of hydrogen-bond acceptors (Lipinski definition) is 3. The van der Waals surface area contributed by atoms with E-state index in [0.29, 0.717) is 11.3 Å². The molecule has 1 amide bonds. The molecule has 0 saturated carbocycles. The maximum atomic E-state index is 12.4. The molecule has 0 bridgehead atoms. The summed E-state index contributed by atoms with van der Waals surface area (Å²) in [7, 11) is -3.32. The SMILES string of the molecule is Cc1ccc2c(c1)CC[C@@H]2NC(=O)c1ccc(NS(C)(=O)=O)cc1. The van der Waals surface area contributed by atoms with Crippen LogP contribution in [0.15, 0.2) is 42.5 Å². The largest absolute Gasteiger partial charge is 0.345 e. The smallest absolute Gasteiger partial charge is 0.251 e. The Morgan fingerprint density at radius 2 is 1.83 bits per heavy atom. The molecule has 1 atom stereocenters. The lowest BCUT2D eigenvalue weighted by molar-refractivity contribution is 0.0936. The minimum absolute atomic E-state index is 0.0296. The van der Waals surface area contributed by atoms with Crippen molar-refractivity contribution in [2.24, 2.45) is 0 Å². The average Bonchev–Trinajstić information content (AvgIpc) is 2.88. The number of benzene rings is 2. The number of aryl methyl sites for hydroxylation is 2. The van der Waals surface area contributed by atoms with Crippen LogP contribution >= 0.6 is 0 Å². The van der Waals surface area contributed by atoms with Crippen molar-refractivity contribution in [2.75, 3.05) is 11.0 Å². The summed E-state index contributed by atoms with van der Waals surface area (Å²) < 4.78 is 24.8. The molecule has 1 aliphatic carbocycles. The van der Waals surface area contributed by atoms with Crippen LogP contribution in [0.4, 0.5) is 5.69 Å². The lowest BCUT2D eigenvalue weighted by Crippen LogP contribution is -2.27. The van der Waals surface area contributed by atoms with Crippen molar-refractivity contribution in [1.82, 2.24) is 5.32 Å². The van der Waals surface area contributed by atoms with Crippen LogP contribution in [0.25, 0.3) is 0 Å². The second-order valence-corrected chi connectivity index (χ2v) is 7.97. The van der Waals surface area contributed by atoms with Crippen LogP contribution < -0.4 is 10.0 Å². The Balaban J connectivity index is 1.70. The van der Waals surface area contributed by atoms with Crippen molar-refractivity contribution in [3.63, 3.8) is 0 Å². The van der Waals surface area contributed by atoms with Gasteiger partial charge in [0.05, 0.1) is 12.3 Å². The molecule has 0 fully saturated rings. The number of hydrogen-bond donors (Lipinski definition) is 2. The van der Waals surface area contributed by atoms with E-state index in [1.54, 1.807) is 24.3 Å². The van der Waals surface area contributed by atoms with E-state index in [-0.39, 0.29) is 11.9 Å². The minimum atomic E-state index is -3.32. The molecule has 24 heavy (non-hydrogen) atoms. The molecule has 126 valence electrons. The third kappa shape index (κ3) is 3.76. The van der Waals surface area contributed by atoms with Gasteiger partial charge in [-0.1, -0.05) is 23.8 Å². The lowest BCUT2D eigenvalue weighted by Gasteiger charge is -2.14. The van der Waals surface area contributed by atoms with Gasteiger partial charge in [-0.05, 0) is 55.2 Å². The van der Waals surface area contributed by atoms with E-state index in [0.717, 1.165) is 19.1 Å². The van der Waals surface area contributed by atoms with Gasteiger partial charge in [0, 0.05) is 11.3 Å². The van der Waals surface area contributed by atoms with Gasteiger partial charge in [-0.25, -0.2) is 8.42 Å². The Morgan fingerprint density at radius 1 is 1.12 bits per heavy atom. The van der Waals surface area contributed by atoms with Gasteiger partial charge in [0.1, 0.15) is 0 Å². The van der Waals surface area contributed by atoms with Crippen LogP contribution in [0.2, 0.25) is 0 Å². The normalized spacial score (nSPS) is 16.5. The molecule has 0 aromatic heterocycles. The molecule has 2 aromatic carbocycles. The van der Waals surface area contributed by atoms with E-state index in [4.69, 9.17) is 0 Å². The summed E-state index contributed by atoms with van der Waals surface area (Å²) >= 11 is 0. The first-order valence-electron chi connectivity index (χ1n) is 7.80. The summed E-state index contributed by atoms with van der Waals surface area (Å²) in [6.07, 6.45) is 2.96. The highest BCUT2D eigenvalue weighted by molar-refractivity contribution is 7.92. The van der Waals surface area contributed by atoms with Crippen molar-refractivity contribution in [2.45, 2.75) is 25.8 Å². The van der Waals surface area contributed by atoms with Crippen LogP contribution in [0.1, 0.15) is 39.5 Å². The van der Waals surface area contributed by atoms with Gasteiger partial charge in [0.15, 0.2) is 0 Å². The molecule has 3 rings (SSSR count). The molecule has 0 radical (unpaired) electrons.